The zero-order valence-electron chi connectivity index (χ0n) is 8.53. The van der Waals surface area contributed by atoms with E-state index in [0.29, 0.717) is 13.0 Å². The SMILES string of the molecule is Cl.N=C(N)NCCCC[C@H](O)CC(N)=O. The Morgan fingerprint density at radius 2 is 2.00 bits per heavy atom. The molecule has 0 aromatic carbocycles. The number of aliphatic hydroxyl groups is 1. The van der Waals surface area contributed by atoms with Gasteiger partial charge in [-0.3, -0.25) is 10.2 Å². The van der Waals surface area contributed by atoms with E-state index in [1.807, 2.05) is 0 Å². The van der Waals surface area contributed by atoms with E-state index in [4.69, 9.17) is 16.9 Å². The third kappa shape index (κ3) is 13.0. The number of carbonyl (C=O) groups excluding carboxylic acids is 1. The number of rotatable bonds is 7. The molecule has 90 valence electrons. The number of unbranched alkanes of at least 4 members (excludes halogenated alkanes) is 1. The number of primary amides is 1. The maximum Gasteiger partial charge on any atom is 0.220 e. The van der Waals surface area contributed by atoms with Gasteiger partial charge in [0.25, 0.3) is 0 Å². The maximum absolute atomic E-state index is 10.4. The minimum atomic E-state index is -0.648. The molecule has 0 saturated carbocycles. The summed E-state index contributed by atoms with van der Waals surface area (Å²) < 4.78 is 0. The second-order valence-corrected chi connectivity index (χ2v) is 3.16. The minimum Gasteiger partial charge on any atom is -0.393 e. The van der Waals surface area contributed by atoms with Crippen LogP contribution >= 0.6 is 12.4 Å². The lowest BCUT2D eigenvalue weighted by Gasteiger charge is -2.08. The molecule has 0 spiro atoms. The molecule has 0 radical (unpaired) electrons. The molecule has 0 aromatic rings. The number of hydrogen-bond donors (Lipinski definition) is 5. The van der Waals surface area contributed by atoms with E-state index < -0.39 is 12.0 Å². The molecule has 6 nitrogen and oxygen atoms in total. The van der Waals surface area contributed by atoms with Crippen molar-refractivity contribution in [1.82, 2.24) is 5.32 Å². The van der Waals surface area contributed by atoms with Crippen molar-refractivity contribution in [3.63, 3.8) is 0 Å². The molecule has 0 aliphatic rings. The molecule has 0 aliphatic carbocycles. The van der Waals surface area contributed by atoms with Gasteiger partial charge in [0, 0.05) is 6.54 Å². The Morgan fingerprint density at radius 1 is 1.40 bits per heavy atom. The summed E-state index contributed by atoms with van der Waals surface area (Å²) in [6, 6.07) is 0. The van der Waals surface area contributed by atoms with Crippen molar-refractivity contribution in [2.75, 3.05) is 6.54 Å². The first-order valence-electron chi connectivity index (χ1n) is 4.56. The Kier molecular flexibility index (Phi) is 10.4. The molecule has 7 heteroatoms. The first-order chi connectivity index (χ1) is 6.52. The van der Waals surface area contributed by atoms with Crippen LogP contribution in [-0.2, 0) is 4.79 Å². The summed E-state index contributed by atoms with van der Waals surface area (Å²) in [7, 11) is 0. The summed E-state index contributed by atoms with van der Waals surface area (Å²) in [4.78, 5) is 10.4. The first-order valence-corrected chi connectivity index (χ1v) is 4.56. The second kappa shape index (κ2) is 9.54. The Bertz CT molecular complexity index is 201. The Morgan fingerprint density at radius 3 is 2.47 bits per heavy atom. The summed E-state index contributed by atoms with van der Waals surface area (Å²) in [5.74, 6) is -0.540. The van der Waals surface area contributed by atoms with Crippen LogP contribution in [0.2, 0.25) is 0 Å². The molecule has 15 heavy (non-hydrogen) atoms. The Balaban J connectivity index is 0. The van der Waals surface area contributed by atoms with Gasteiger partial charge in [0.05, 0.1) is 12.5 Å². The van der Waals surface area contributed by atoms with Crippen molar-refractivity contribution in [3.8, 4) is 0 Å². The topological polar surface area (TPSA) is 125 Å². The van der Waals surface area contributed by atoms with Gasteiger partial charge < -0.3 is 21.9 Å². The second-order valence-electron chi connectivity index (χ2n) is 3.16. The Labute approximate surface area is 95.3 Å². The predicted octanol–water partition coefficient (Wildman–Crippen LogP) is -0.702. The molecule has 0 aliphatic heterocycles. The Hall–Kier alpha value is -1.01. The van der Waals surface area contributed by atoms with Crippen molar-refractivity contribution < 1.29 is 9.90 Å². The fraction of sp³-hybridized carbons (Fsp3) is 0.750. The van der Waals surface area contributed by atoms with Crippen LogP contribution in [0.4, 0.5) is 0 Å². The van der Waals surface area contributed by atoms with Crippen LogP contribution in [-0.4, -0.2) is 29.6 Å². The fourth-order valence-corrected chi connectivity index (χ4v) is 1.06. The molecule has 0 aromatic heterocycles. The van der Waals surface area contributed by atoms with E-state index in [2.05, 4.69) is 5.32 Å². The van der Waals surface area contributed by atoms with Crippen LogP contribution in [0.25, 0.3) is 0 Å². The highest BCUT2D eigenvalue weighted by Crippen LogP contribution is 2.03. The highest BCUT2D eigenvalue weighted by molar-refractivity contribution is 5.85. The van der Waals surface area contributed by atoms with E-state index >= 15 is 0 Å². The number of hydrogen-bond acceptors (Lipinski definition) is 3. The van der Waals surface area contributed by atoms with Gasteiger partial charge in [-0.15, -0.1) is 12.4 Å². The van der Waals surface area contributed by atoms with E-state index in [9.17, 15) is 9.90 Å². The summed E-state index contributed by atoms with van der Waals surface area (Å²) in [5.41, 5.74) is 9.97. The van der Waals surface area contributed by atoms with Crippen molar-refractivity contribution in [2.45, 2.75) is 31.8 Å². The average Bonchev–Trinajstić information content (AvgIpc) is 2.01. The number of nitrogens with two attached hydrogens (primary N) is 2. The molecule has 0 rings (SSSR count). The molecule has 1 amide bonds. The number of amides is 1. The average molecular weight is 239 g/mol. The molecule has 0 heterocycles. The molecule has 0 fully saturated rings. The van der Waals surface area contributed by atoms with E-state index in [-0.39, 0.29) is 24.8 Å². The van der Waals surface area contributed by atoms with E-state index in [1.165, 1.54) is 0 Å². The van der Waals surface area contributed by atoms with Gasteiger partial charge in [-0.1, -0.05) is 0 Å². The minimum absolute atomic E-state index is 0. The van der Waals surface area contributed by atoms with Gasteiger partial charge in [-0.25, -0.2) is 0 Å². The predicted molar refractivity (Wildman–Crippen MR) is 60.8 cm³/mol. The highest BCUT2D eigenvalue weighted by atomic mass is 35.5. The van der Waals surface area contributed by atoms with Gasteiger partial charge in [0.2, 0.25) is 5.91 Å². The number of guanidine groups is 1. The normalized spacial score (nSPS) is 11.3. The molecular weight excluding hydrogens is 220 g/mol. The van der Waals surface area contributed by atoms with Gasteiger partial charge >= 0.3 is 0 Å². The van der Waals surface area contributed by atoms with Gasteiger partial charge in [0.15, 0.2) is 5.96 Å². The number of carbonyl (C=O) groups is 1. The standard InChI is InChI=1S/C8H18N4O2.ClH/c9-7(14)5-6(13)3-1-2-4-12-8(10)11;/h6,13H,1-5H2,(H2,9,14)(H4,10,11,12);1H/t6-;/m0./s1. The van der Waals surface area contributed by atoms with Crippen LogP contribution in [0, 0.1) is 5.41 Å². The van der Waals surface area contributed by atoms with Gasteiger partial charge in [-0.2, -0.15) is 0 Å². The van der Waals surface area contributed by atoms with Crippen LogP contribution in [0.3, 0.4) is 0 Å². The molecular formula is C8H19ClN4O2. The zero-order valence-corrected chi connectivity index (χ0v) is 9.35. The van der Waals surface area contributed by atoms with E-state index in [1.54, 1.807) is 0 Å². The molecule has 0 saturated heterocycles. The summed E-state index contributed by atoms with van der Waals surface area (Å²) in [5, 5.41) is 18.8. The molecule has 7 N–H and O–H groups in total. The number of nitrogens with one attached hydrogen (secondary N) is 2. The molecule has 0 unspecified atom stereocenters. The molecule has 1 atom stereocenters. The van der Waals surface area contributed by atoms with Gasteiger partial charge in [0.1, 0.15) is 0 Å². The lowest BCUT2D eigenvalue weighted by atomic mass is 10.1. The number of aliphatic hydroxyl groups excluding tert-OH is 1. The van der Waals surface area contributed by atoms with Crippen LogP contribution in [0.5, 0.6) is 0 Å². The first kappa shape index (κ1) is 16.4. The summed E-state index contributed by atoms with van der Waals surface area (Å²) in [6.07, 6.45) is 1.48. The van der Waals surface area contributed by atoms with Crippen LogP contribution < -0.4 is 16.8 Å². The smallest absolute Gasteiger partial charge is 0.220 e. The maximum atomic E-state index is 10.4. The van der Waals surface area contributed by atoms with E-state index in [0.717, 1.165) is 12.8 Å². The third-order valence-electron chi connectivity index (χ3n) is 1.72. The van der Waals surface area contributed by atoms with Crippen LogP contribution in [0.1, 0.15) is 25.7 Å². The lowest BCUT2D eigenvalue weighted by Crippen LogP contribution is -2.31. The lowest BCUT2D eigenvalue weighted by molar-refractivity contribution is -0.119. The van der Waals surface area contributed by atoms with Crippen molar-refractivity contribution in [1.29, 1.82) is 5.41 Å². The van der Waals surface area contributed by atoms with Crippen molar-refractivity contribution in [2.24, 2.45) is 11.5 Å². The molecule has 0 bridgehead atoms. The van der Waals surface area contributed by atoms with Gasteiger partial charge in [-0.05, 0) is 19.3 Å². The summed E-state index contributed by atoms with van der Waals surface area (Å²) in [6.45, 7) is 0.610. The van der Waals surface area contributed by atoms with Crippen LogP contribution in [0.15, 0.2) is 0 Å². The van der Waals surface area contributed by atoms with Crippen molar-refractivity contribution in [3.05, 3.63) is 0 Å². The zero-order chi connectivity index (χ0) is 11.0. The third-order valence-corrected chi connectivity index (χ3v) is 1.72. The monoisotopic (exact) mass is 238 g/mol. The van der Waals surface area contributed by atoms with Crippen molar-refractivity contribution >= 4 is 24.3 Å². The highest BCUT2D eigenvalue weighted by Gasteiger charge is 2.06. The quantitative estimate of drug-likeness (QED) is 0.228. The largest absolute Gasteiger partial charge is 0.393 e. The fourth-order valence-electron chi connectivity index (χ4n) is 1.06. The summed E-state index contributed by atoms with van der Waals surface area (Å²) >= 11 is 0. The number of halogens is 1.